The van der Waals surface area contributed by atoms with Gasteiger partial charge in [0.05, 0.1) is 11.7 Å². The molecule has 0 aliphatic carbocycles. The topological polar surface area (TPSA) is 79.5 Å². The van der Waals surface area contributed by atoms with E-state index < -0.39 is 0 Å². The molecule has 3 aromatic rings. The number of halogens is 1. The van der Waals surface area contributed by atoms with E-state index in [4.69, 9.17) is 17.0 Å². The molecule has 0 aromatic heterocycles. The van der Waals surface area contributed by atoms with Gasteiger partial charge in [-0.2, -0.15) is 0 Å². The van der Waals surface area contributed by atoms with Gasteiger partial charge in [0.25, 0.3) is 11.8 Å². The van der Waals surface area contributed by atoms with Crippen LogP contribution in [-0.4, -0.2) is 23.0 Å². The molecule has 8 heteroatoms. The lowest BCUT2D eigenvalue weighted by Gasteiger charge is -2.15. The molecule has 3 aromatic carbocycles. The van der Waals surface area contributed by atoms with Crippen LogP contribution in [0.2, 0.25) is 0 Å². The van der Waals surface area contributed by atoms with Crippen LogP contribution in [-0.2, 0) is 0 Å². The van der Waals surface area contributed by atoms with Crippen LogP contribution in [0.15, 0.2) is 71.2 Å². The van der Waals surface area contributed by atoms with Gasteiger partial charge >= 0.3 is 0 Å². The molecule has 0 fully saturated rings. The van der Waals surface area contributed by atoms with Crippen molar-refractivity contribution in [3.63, 3.8) is 0 Å². The van der Waals surface area contributed by atoms with Gasteiger partial charge in [-0.15, -0.1) is 0 Å². The van der Waals surface area contributed by atoms with Crippen molar-refractivity contribution in [1.82, 2.24) is 5.32 Å². The van der Waals surface area contributed by atoms with Crippen molar-refractivity contribution in [1.29, 1.82) is 0 Å². The smallest absolute Gasteiger partial charge is 0.261 e. The van der Waals surface area contributed by atoms with Crippen molar-refractivity contribution in [2.45, 2.75) is 26.9 Å². The number of aryl methyl sites for hydroxylation is 1. The van der Waals surface area contributed by atoms with Crippen molar-refractivity contribution in [2.24, 2.45) is 0 Å². The average molecular weight is 526 g/mol. The van der Waals surface area contributed by atoms with Crippen molar-refractivity contribution in [2.75, 3.05) is 10.6 Å². The maximum Gasteiger partial charge on any atom is 0.261 e. The molecule has 6 nitrogen and oxygen atoms in total. The van der Waals surface area contributed by atoms with Gasteiger partial charge < -0.3 is 15.4 Å². The molecule has 0 spiro atoms. The third-order valence-electron chi connectivity index (χ3n) is 4.46. The summed E-state index contributed by atoms with van der Waals surface area (Å²) in [5, 5.41) is 8.65. The van der Waals surface area contributed by atoms with Crippen LogP contribution in [0.4, 0.5) is 11.4 Å². The second-order valence-electron chi connectivity index (χ2n) is 7.62. The standard InChI is InChI=1S/C25H24BrN3O3S/c1-15(2)32-22-12-7-18(26)14-21(22)24(31)29-25(33)28-20-10-8-19(9-11-20)27-23(30)17-6-4-5-16(3)13-17/h4-15H,1-3H3,(H,27,30)(H2,28,29,31,33). The minimum absolute atomic E-state index is 0.0762. The lowest BCUT2D eigenvalue weighted by Crippen LogP contribution is -2.34. The summed E-state index contributed by atoms with van der Waals surface area (Å²) in [6.45, 7) is 5.72. The minimum Gasteiger partial charge on any atom is -0.490 e. The van der Waals surface area contributed by atoms with E-state index in [1.54, 1.807) is 42.5 Å². The van der Waals surface area contributed by atoms with Crippen LogP contribution in [0.25, 0.3) is 0 Å². The zero-order valence-electron chi connectivity index (χ0n) is 18.4. The first kappa shape index (κ1) is 24.4. The molecule has 170 valence electrons. The average Bonchev–Trinajstić information content (AvgIpc) is 2.76. The lowest BCUT2D eigenvalue weighted by atomic mass is 10.1. The monoisotopic (exact) mass is 525 g/mol. The number of rotatable bonds is 6. The van der Waals surface area contributed by atoms with Gasteiger partial charge in [0, 0.05) is 21.4 Å². The maximum absolute atomic E-state index is 12.7. The largest absolute Gasteiger partial charge is 0.490 e. The van der Waals surface area contributed by atoms with Crippen LogP contribution in [0, 0.1) is 6.92 Å². The summed E-state index contributed by atoms with van der Waals surface area (Å²) in [6, 6.07) is 19.6. The van der Waals surface area contributed by atoms with Gasteiger partial charge in [-0.25, -0.2) is 0 Å². The molecule has 2 amide bonds. The number of ether oxygens (including phenoxy) is 1. The molecule has 3 N–H and O–H groups in total. The molecule has 3 rings (SSSR count). The van der Waals surface area contributed by atoms with Crippen molar-refractivity contribution < 1.29 is 14.3 Å². The van der Waals surface area contributed by atoms with E-state index in [0.717, 1.165) is 10.0 Å². The predicted molar refractivity (Wildman–Crippen MR) is 139 cm³/mol. The number of amides is 2. The summed E-state index contributed by atoms with van der Waals surface area (Å²) < 4.78 is 6.48. The second-order valence-corrected chi connectivity index (χ2v) is 8.94. The van der Waals surface area contributed by atoms with Gasteiger partial charge in [0.15, 0.2) is 5.11 Å². The van der Waals surface area contributed by atoms with Gasteiger partial charge in [-0.05, 0) is 87.6 Å². The first-order chi connectivity index (χ1) is 15.7. The Hall–Kier alpha value is -3.23. The zero-order valence-corrected chi connectivity index (χ0v) is 20.8. The fourth-order valence-electron chi connectivity index (χ4n) is 3.00. The van der Waals surface area contributed by atoms with E-state index in [1.807, 2.05) is 45.0 Å². The van der Waals surface area contributed by atoms with E-state index in [1.165, 1.54) is 0 Å². The number of nitrogens with one attached hydrogen (secondary N) is 3. The Kier molecular flexibility index (Phi) is 8.19. The Labute approximate surface area is 206 Å². The summed E-state index contributed by atoms with van der Waals surface area (Å²) in [4.78, 5) is 25.1. The molecule has 0 saturated heterocycles. The molecule has 0 aliphatic rings. The third kappa shape index (κ3) is 7.13. The number of hydrogen-bond donors (Lipinski definition) is 3. The van der Waals surface area contributed by atoms with Crippen molar-refractivity contribution in [3.8, 4) is 5.75 Å². The lowest BCUT2D eigenvalue weighted by molar-refractivity contribution is 0.0970. The Bertz CT molecular complexity index is 1180. The quantitative estimate of drug-likeness (QED) is 0.348. The molecule has 0 heterocycles. The van der Waals surface area contributed by atoms with Crippen LogP contribution in [0.1, 0.15) is 40.1 Å². The van der Waals surface area contributed by atoms with E-state index in [-0.39, 0.29) is 23.0 Å². The normalized spacial score (nSPS) is 10.5. The van der Waals surface area contributed by atoms with Crippen molar-refractivity contribution >= 4 is 56.4 Å². The number of benzene rings is 3. The molecule has 0 aliphatic heterocycles. The SMILES string of the molecule is Cc1cccc(C(=O)Nc2ccc(NC(=S)NC(=O)c3cc(Br)ccc3OC(C)C)cc2)c1. The van der Waals surface area contributed by atoms with Crippen LogP contribution in [0.3, 0.4) is 0 Å². The van der Waals surface area contributed by atoms with Gasteiger partial charge in [-0.1, -0.05) is 33.6 Å². The molecule has 0 saturated carbocycles. The van der Waals surface area contributed by atoms with Gasteiger partial charge in [0.2, 0.25) is 0 Å². The molecule has 0 radical (unpaired) electrons. The molecule has 33 heavy (non-hydrogen) atoms. The number of anilines is 2. The molecule has 0 bridgehead atoms. The first-order valence-corrected chi connectivity index (χ1v) is 11.5. The fraction of sp³-hybridized carbons (Fsp3) is 0.160. The summed E-state index contributed by atoms with van der Waals surface area (Å²) >= 11 is 8.67. The number of carbonyl (C=O) groups is 2. The number of thiocarbonyl (C=S) groups is 1. The minimum atomic E-state index is -0.383. The highest BCUT2D eigenvalue weighted by atomic mass is 79.9. The summed E-state index contributed by atoms with van der Waals surface area (Å²) in [5.41, 5.74) is 3.29. The summed E-state index contributed by atoms with van der Waals surface area (Å²) in [7, 11) is 0. The van der Waals surface area contributed by atoms with Gasteiger partial charge in [0.1, 0.15) is 5.75 Å². The van der Waals surface area contributed by atoms with Crippen molar-refractivity contribution in [3.05, 3.63) is 87.9 Å². The van der Waals surface area contributed by atoms with E-state index >= 15 is 0 Å². The number of hydrogen-bond acceptors (Lipinski definition) is 4. The second kappa shape index (κ2) is 11.1. The first-order valence-electron chi connectivity index (χ1n) is 10.3. The van der Waals surface area contributed by atoms with Gasteiger partial charge in [-0.3, -0.25) is 14.9 Å². The Morgan fingerprint density at radius 3 is 2.21 bits per heavy atom. The Morgan fingerprint density at radius 2 is 1.58 bits per heavy atom. The molecular formula is C25H24BrN3O3S. The van der Waals surface area contributed by atoms with Crippen LogP contribution >= 0.6 is 28.1 Å². The summed E-state index contributed by atoms with van der Waals surface area (Å²) in [6.07, 6.45) is -0.0762. The predicted octanol–water partition coefficient (Wildman–Crippen LogP) is 5.92. The molecule has 0 unspecified atom stereocenters. The molecular weight excluding hydrogens is 502 g/mol. The summed E-state index contributed by atoms with van der Waals surface area (Å²) in [5.74, 6) is -0.0932. The highest BCUT2D eigenvalue weighted by molar-refractivity contribution is 9.10. The van der Waals surface area contributed by atoms with Crippen LogP contribution in [0.5, 0.6) is 5.75 Å². The highest BCUT2D eigenvalue weighted by Crippen LogP contribution is 2.24. The fourth-order valence-corrected chi connectivity index (χ4v) is 3.57. The Morgan fingerprint density at radius 1 is 0.909 bits per heavy atom. The molecule has 0 atom stereocenters. The van der Waals surface area contributed by atoms with E-state index in [0.29, 0.717) is 28.3 Å². The van der Waals surface area contributed by atoms with Crippen LogP contribution < -0.4 is 20.7 Å². The third-order valence-corrected chi connectivity index (χ3v) is 5.15. The maximum atomic E-state index is 12.7. The zero-order chi connectivity index (χ0) is 24.0. The number of carbonyl (C=O) groups excluding carboxylic acids is 2. The highest BCUT2D eigenvalue weighted by Gasteiger charge is 2.16. The van der Waals surface area contributed by atoms with E-state index in [2.05, 4.69) is 31.9 Å². The van der Waals surface area contributed by atoms with E-state index in [9.17, 15) is 9.59 Å². The Balaban J connectivity index is 1.60.